The minimum atomic E-state index is -0.857. The molecule has 23 heavy (non-hydrogen) atoms. The number of nitrogens with one attached hydrogen (secondary N) is 1. The van der Waals surface area contributed by atoms with E-state index in [0.717, 1.165) is 6.54 Å². The van der Waals surface area contributed by atoms with Gasteiger partial charge in [-0.3, -0.25) is 4.79 Å². The van der Waals surface area contributed by atoms with Crippen LogP contribution in [0, 0.1) is 11.3 Å². The van der Waals surface area contributed by atoms with Gasteiger partial charge in [0.15, 0.2) is 0 Å². The van der Waals surface area contributed by atoms with Gasteiger partial charge >= 0.3 is 12.1 Å². The summed E-state index contributed by atoms with van der Waals surface area (Å²) in [5.41, 5.74) is -0.954. The van der Waals surface area contributed by atoms with Crippen LogP contribution in [0.5, 0.6) is 0 Å². The number of nitrogens with zero attached hydrogens (tertiary/aromatic N) is 1. The van der Waals surface area contributed by atoms with Gasteiger partial charge < -0.3 is 20.1 Å². The van der Waals surface area contributed by atoms with Crippen LogP contribution in [0.1, 0.15) is 54.9 Å². The molecule has 0 radical (unpaired) electrons. The maximum atomic E-state index is 12.0. The van der Waals surface area contributed by atoms with E-state index in [1.54, 1.807) is 4.90 Å². The van der Waals surface area contributed by atoms with Crippen LogP contribution in [-0.4, -0.2) is 52.8 Å². The van der Waals surface area contributed by atoms with Gasteiger partial charge in [-0.1, -0.05) is 27.7 Å². The number of carbonyl (C=O) groups is 2. The van der Waals surface area contributed by atoms with Crippen molar-refractivity contribution >= 4 is 12.1 Å². The zero-order valence-electron chi connectivity index (χ0n) is 15.5. The zero-order valence-corrected chi connectivity index (χ0v) is 15.5. The first-order valence-electron chi connectivity index (χ1n) is 8.19. The normalized spacial score (nSPS) is 19.0. The SMILES string of the molecule is CC(CNC1(CC(=O)O)CN(C(=O)OC(C)(C)C)C1)C(C)(C)C. The van der Waals surface area contributed by atoms with E-state index in [1.165, 1.54) is 0 Å². The largest absolute Gasteiger partial charge is 0.481 e. The van der Waals surface area contributed by atoms with Crippen molar-refractivity contribution in [3.8, 4) is 0 Å². The van der Waals surface area contributed by atoms with Crippen molar-refractivity contribution in [1.29, 1.82) is 0 Å². The van der Waals surface area contributed by atoms with E-state index in [4.69, 9.17) is 4.74 Å². The highest BCUT2D eigenvalue weighted by molar-refractivity contribution is 5.73. The average molecular weight is 328 g/mol. The number of hydrogen-bond acceptors (Lipinski definition) is 4. The van der Waals surface area contributed by atoms with Gasteiger partial charge in [-0.25, -0.2) is 4.79 Å². The van der Waals surface area contributed by atoms with Gasteiger partial charge in [0.1, 0.15) is 5.60 Å². The lowest BCUT2D eigenvalue weighted by molar-refractivity contribution is -0.141. The molecule has 6 nitrogen and oxygen atoms in total. The molecule has 0 aromatic heterocycles. The quantitative estimate of drug-likeness (QED) is 0.811. The fraction of sp³-hybridized carbons (Fsp3) is 0.882. The smallest absolute Gasteiger partial charge is 0.410 e. The van der Waals surface area contributed by atoms with Crippen LogP contribution in [-0.2, 0) is 9.53 Å². The third-order valence-electron chi connectivity index (χ3n) is 4.39. The molecule has 0 saturated carbocycles. The van der Waals surface area contributed by atoms with Gasteiger partial charge in [0.05, 0.1) is 12.0 Å². The lowest BCUT2D eigenvalue weighted by Crippen LogP contribution is -2.71. The van der Waals surface area contributed by atoms with Crippen LogP contribution < -0.4 is 5.32 Å². The predicted octanol–water partition coefficient (Wildman–Crippen LogP) is 2.72. The number of likely N-dealkylation sites (tertiary alicyclic amines) is 1. The van der Waals surface area contributed by atoms with Crippen molar-refractivity contribution < 1.29 is 19.4 Å². The Hall–Kier alpha value is -1.30. The lowest BCUT2D eigenvalue weighted by Gasteiger charge is -2.50. The van der Waals surface area contributed by atoms with E-state index in [9.17, 15) is 14.7 Å². The lowest BCUT2D eigenvalue weighted by atomic mass is 9.80. The summed E-state index contributed by atoms with van der Waals surface area (Å²) in [6.45, 7) is 15.5. The van der Waals surface area contributed by atoms with Gasteiger partial charge in [-0.2, -0.15) is 0 Å². The molecule has 0 bridgehead atoms. The molecule has 1 atom stereocenters. The predicted molar refractivity (Wildman–Crippen MR) is 89.4 cm³/mol. The molecule has 0 aromatic rings. The number of amides is 1. The summed E-state index contributed by atoms with van der Waals surface area (Å²) in [6.07, 6.45) is -0.382. The van der Waals surface area contributed by atoms with Crippen molar-refractivity contribution in [2.75, 3.05) is 19.6 Å². The van der Waals surface area contributed by atoms with Crippen molar-refractivity contribution in [2.24, 2.45) is 11.3 Å². The summed E-state index contributed by atoms with van der Waals surface area (Å²) in [5, 5.41) is 12.6. The first-order chi connectivity index (χ1) is 10.2. The molecule has 0 aliphatic carbocycles. The molecule has 1 rings (SSSR count). The Morgan fingerprint density at radius 2 is 1.74 bits per heavy atom. The van der Waals surface area contributed by atoms with Crippen LogP contribution in [0.4, 0.5) is 4.79 Å². The second-order valence-corrected chi connectivity index (χ2v) is 8.84. The first-order valence-corrected chi connectivity index (χ1v) is 8.19. The molecule has 1 amide bonds. The Labute approximate surface area is 139 Å². The number of carboxylic acid groups (broad SMARTS) is 1. The number of hydrogen-bond donors (Lipinski definition) is 2. The number of carbonyl (C=O) groups excluding carboxylic acids is 1. The summed E-state index contributed by atoms with van der Waals surface area (Å²) < 4.78 is 5.33. The maximum Gasteiger partial charge on any atom is 0.410 e. The minimum absolute atomic E-state index is 0.00314. The van der Waals surface area contributed by atoms with Gasteiger partial charge in [0.2, 0.25) is 0 Å². The Morgan fingerprint density at radius 1 is 1.22 bits per heavy atom. The Balaban J connectivity index is 2.63. The molecule has 1 unspecified atom stereocenters. The molecule has 1 heterocycles. The van der Waals surface area contributed by atoms with E-state index < -0.39 is 17.1 Å². The van der Waals surface area contributed by atoms with Crippen molar-refractivity contribution in [3.63, 3.8) is 0 Å². The molecule has 134 valence electrons. The molecule has 1 aliphatic rings. The molecule has 1 saturated heterocycles. The average Bonchev–Trinajstić information content (AvgIpc) is 2.26. The zero-order chi connectivity index (χ0) is 18.1. The van der Waals surface area contributed by atoms with Crippen LogP contribution in [0.2, 0.25) is 0 Å². The van der Waals surface area contributed by atoms with E-state index in [-0.39, 0.29) is 17.9 Å². The number of carboxylic acids is 1. The summed E-state index contributed by atoms with van der Waals surface area (Å²) >= 11 is 0. The van der Waals surface area contributed by atoms with E-state index in [2.05, 4.69) is 33.0 Å². The molecule has 6 heteroatoms. The van der Waals surface area contributed by atoms with E-state index in [0.29, 0.717) is 19.0 Å². The van der Waals surface area contributed by atoms with E-state index >= 15 is 0 Å². The second kappa shape index (κ2) is 6.67. The third kappa shape index (κ3) is 6.01. The van der Waals surface area contributed by atoms with Crippen LogP contribution in [0.3, 0.4) is 0 Å². The third-order valence-corrected chi connectivity index (χ3v) is 4.39. The summed E-state index contributed by atoms with van der Waals surface area (Å²) in [7, 11) is 0. The molecule has 0 aromatic carbocycles. The summed E-state index contributed by atoms with van der Waals surface area (Å²) in [4.78, 5) is 24.8. The van der Waals surface area contributed by atoms with Gasteiger partial charge in [0, 0.05) is 13.1 Å². The number of rotatable bonds is 5. The first kappa shape index (κ1) is 19.7. The van der Waals surface area contributed by atoms with Gasteiger partial charge in [-0.15, -0.1) is 0 Å². The highest BCUT2D eigenvalue weighted by atomic mass is 16.6. The second-order valence-electron chi connectivity index (χ2n) is 8.84. The molecule has 0 spiro atoms. The van der Waals surface area contributed by atoms with Crippen LogP contribution in [0.25, 0.3) is 0 Å². The minimum Gasteiger partial charge on any atom is -0.481 e. The highest BCUT2D eigenvalue weighted by Crippen LogP contribution is 2.29. The molecule has 1 fully saturated rings. The van der Waals surface area contributed by atoms with Crippen LogP contribution in [0.15, 0.2) is 0 Å². The topological polar surface area (TPSA) is 78.9 Å². The fourth-order valence-corrected chi connectivity index (χ4v) is 2.39. The Morgan fingerprint density at radius 3 is 2.13 bits per heavy atom. The summed E-state index contributed by atoms with van der Waals surface area (Å²) in [6, 6.07) is 0. The van der Waals surface area contributed by atoms with Crippen LogP contribution >= 0.6 is 0 Å². The fourth-order valence-electron chi connectivity index (χ4n) is 2.39. The maximum absolute atomic E-state index is 12.0. The Kier molecular flexibility index (Phi) is 5.73. The number of aliphatic carboxylic acids is 1. The number of ether oxygens (including phenoxy) is 1. The highest BCUT2D eigenvalue weighted by Gasteiger charge is 2.48. The van der Waals surface area contributed by atoms with Gasteiger partial charge in [0.25, 0.3) is 0 Å². The van der Waals surface area contributed by atoms with E-state index in [1.807, 2.05) is 20.8 Å². The van der Waals surface area contributed by atoms with Gasteiger partial charge in [-0.05, 0) is 38.6 Å². The molecule has 1 aliphatic heterocycles. The summed E-state index contributed by atoms with van der Waals surface area (Å²) in [5.74, 6) is -0.464. The van der Waals surface area contributed by atoms with Crippen molar-refractivity contribution in [1.82, 2.24) is 10.2 Å². The Bertz CT molecular complexity index is 442. The standard InChI is InChI=1S/C17H32N2O4/c1-12(15(2,3)4)9-18-17(8-13(20)21)10-19(11-17)14(22)23-16(5,6)7/h12,18H,8-11H2,1-7H3,(H,20,21). The molecular formula is C17H32N2O4. The van der Waals surface area contributed by atoms with Crippen molar-refractivity contribution in [2.45, 2.75) is 66.0 Å². The molecule has 2 N–H and O–H groups in total. The monoisotopic (exact) mass is 328 g/mol. The molecular weight excluding hydrogens is 296 g/mol. The van der Waals surface area contributed by atoms with Crippen molar-refractivity contribution in [3.05, 3.63) is 0 Å².